The Balaban J connectivity index is 1.62. The van der Waals surface area contributed by atoms with Crippen molar-refractivity contribution >= 4 is 44.8 Å². The third-order valence-corrected chi connectivity index (χ3v) is 4.63. The number of halogens is 1. The minimum absolute atomic E-state index is 0.0979. The molecule has 6 heteroatoms. The van der Waals surface area contributed by atoms with Crippen LogP contribution in [0.1, 0.15) is 15.9 Å². The first-order valence-electron chi connectivity index (χ1n) is 8.77. The minimum Gasteiger partial charge on any atom is -0.376 e. The van der Waals surface area contributed by atoms with E-state index in [0.29, 0.717) is 5.56 Å². The topological polar surface area (TPSA) is 70.2 Å². The van der Waals surface area contributed by atoms with Crippen LogP contribution < -0.4 is 16.0 Å². The Bertz CT molecular complexity index is 973. The predicted molar refractivity (Wildman–Crippen MR) is 117 cm³/mol. The molecule has 5 nitrogen and oxygen atoms in total. The van der Waals surface area contributed by atoms with Gasteiger partial charge in [0, 0.05) is 27.1 Å². The molecule has 0 spiro atoms. The second kappa shape index (κ2) is 9.19. The normalized spacial score (nSPS) is 10.2. The van der Waals surface area contributed by atoms with Crippen LogP contribution in [0.4, 0.5) is 17.1 Å². The molecule has 0 aromatic heterocycles. The molecule has 28 heavy (non-hydrogen) atoms. The third-order valence-electron chi connectivity index (χ3n) is 4.10. The van der Waals surface area contributed by atoms with E-state index in [-0.39, 0.29) is 18.4 Å². The number of hydrogen-bond acceptors (Lipinski definition) is 3. The van der Waals surface area contributed by atoms with E-state index in [0.717, 1.165) is 27.1 Å². The smallest absolute Gasteiger partial charge is 0.255 e. The van der Waals surface area contributed by atoms with Crippen LogP contribution in [0.15, 0.2) is 77.3 Å². The molecule has 0 atom stereocenters. The van der Waals surface area contributed by atoms with Crippen molar-refractivity contribution in [3.8, 4) is 0 Å². The largest absolute Gasteiger partial charge is 0.376 e. The van der Waals surface area contributed by atoms with Gasteiger partial charge in [-0.15, -0.1) is 0 Å². The molecule has 3 aromatic carbocycles. The van der Waals surface area contributed by atoms with Crippen molar-refractivity contribution in [2.45, 2.75) is 6.92 Å². The van der Waals surface area contributed by atoms with Crippen molar-refractivity contribution in [3.05, 3.63) is 88.4 Å². The molecular weight excluding hydrogens is 418 g/mol. The summed E-state index contributed by atoms with van der Waals surface area (Å²) in [5.74, 6) is -0.366. The van der Waals surface area contributed by atoms with Crippen LogP contribution in [0.2, 0.25) is 0 Å². The lowest BCUT2D eigenvalue weighted by Crippen LogP contribution is -2.22. The Labute approximate surface area is 172 Å². The third kappa shape index (κ3) is 5.44. The van der Waals surface area contributed by atoms with Crippen molar-refractivity contribution in [3.63, 3.8) is 0 Å². The summed E-state index contributed by atoms with van der Waals surface area (Å²) in [6.45, 7) is 2.02. The van der Waals surface area contributed by atoms with Crippen LogP contribution in [-0.2, 0) is 4.79 Å². The highest BCUT2D eigenvalue weighted by molar-refractivity contribution is 9.10. The summed E-state index contributed by atoms with van der Waals surface area (Å²) < 4.78 is 0.949. The quantitative estimate of drug-likeness (QED) is 0.504. The van der Waals surface area contributed by atoms with Crippen LogP contribution in [-0.4, -0.2) is 18.4 Å². The molecule has 0 unspecified atom stereocenters. The van der Waals surface area contributed by atoms with Crippen LogP contribution in [0, 0.1) is 6.92 Å². The van der Waals surface area contributed by atoms with E-state index in [2.05, 4.69) is 31.9 Å². The number of anilines is 3. The zero-order chi connectivity index (χ0) is 19.9. The first-order valence-corrected chi connectivity index (χ1v) is 9.57. The Morgan fingerprint density at radius 3 is 2.25 bits per heavy atom. The average molecular weight is 438 g/mol. The monoisotopic (exact) mass is 437 g/mol. The second-order valence-electron chi connectivity index (χ2n) is 6.26. The summed E-state index contributed by atoms with van der Waals surface area (Å²) in [5.41, 5.74) is 3.67. The lowest BCUT2D eigenvalue weighted by molar-refractivity contribution is -0.114. The molecule has 0 bridgehead atoms. The lowest BCUT2D eigenvalue weighted by Gasteiger charge is -2.12. The molecule has 0 saturated carbocycles. The molecule has 0 heterocycles. The fourth-order valence-corrected chi connectivity index (χ4v) is 2.86. The number of nitrogens with one attached hydrogen (secondary N) is 3. The van der Waals surface area contributed by atoms with Gasteiger partial charge in [-0.05, 0) is 61.0 Å². The van der Waals surface area contributed by atoms with E-state index < -0.39 is 0 Å². The van der Waals surface area contributed by atoms with Crippen molar-refractivity contribution < 1.29 is 9.59 Å². The zero-order valence-corrected chi connectivity index (χ0v) is 16.9. The van der Waals surface area contributed by atoms with Gasteiger partial charge >= 0.3 is 0 Å². The number of benzene rings is 3. The number of amides is 2. The summed E-state index contributed by atoms with van der Waals surface area (Å²) in [7, 11) is 0. The lowest BCUT2D eigenvalue weighted by atomic mass is 10.1. The van der Waals surface area contributed by atoms with Crippen LogP contribution in [0.3, 0.4) is 0 Å². The van der Waals surface area contributed by atoms with E-state index in [9.17, 15) is 9.59 Å². The molecule has 0 fully saturated rings. The summed E-state index contributed by atoms with van der Waals surface area (Å²) in [6, 6.07) is 22.0. The Kier molecular flexibility index (Phi) is 6.45. The van der Waals surface area contributed by atoms with Crippen LogP contribution in [0.25, 0.3) is 0 Å². The van der Waals surface area contributed by atoms with Gasteiger partial charge in [-0.3, -0.25) is 9.59 Å². The number of aryl methyl sites for hydroxylation is 1. The fourth-order valence-electron chi connectivity index (χ4n) is 2.59. The van der Waals surface area contributed by atoms with E-state index in [1.165, 1.54) is 0 Å². The van der Waals surface area contributed by atoms with Gasteiger partial charge in [0.2, 0.25) is 5.91 Å². The van der Waals surface area contributed by atoms with Gasteiger partial charge in [0.1, 0.15) is 0 Å². The first kappa shape index (κ1) is 19.6. The van der Waals surface area contributed by atoms with Crippen molar-refractivity contribution in [1.82, 2.24) is 0 Å². The Hall–Kier alpha value is -3.12. The summed E-state index contributed by atoms with van der Waals surface area (Å²) >= 11 is 3.36. The number of hydrogen-bond donors (Lipinski definition) is 3. The number of carbonyl (C=O) groups is 2. The van der Waals surface area contributed by atoms with Gasteiger partial charge in [-0.2, -0.15) is 0 Å². The van der Waals surface area contributed by atoms with E-state index in [4.69, 9.17) is 0 Å². The molecule has 0 aliphatic rings. The average Bonchev–Trinajstić information content (AvgIpc) is 2.70. The molecule has 3 aromatic rings. The molecule has 0 saturated heterocycles. The van der Waals surface area contributed by atoms with E-state index >= 15 is 0 Å². The van der Waals surface area contributed by atoms with Crippen molar-refractivity contribution in [2.75, 3.05) is 22.5 Å². The van der Waals surface area contributed by atoms with Crippen molar-refractivity contribution in [2.24, 2.45) is 0 Å². The highest BCUT2D eigenvalue weighted by Gasteiger charge is 2.10. The highest BCUT2D eigenvalue weighted by atomic mass is 79.9. The Morgan fingerprint density at radius 2 is 1.54 bits per heavy atom. The molecule has 0 aliphatic heterocycles. The van der Waals surface area contributed by atoms with Crippen LogP contribution >= 0.6 is 15.9 Å². The van der Waals surface area contributed by atoms with Crippen LogP contribution in [0.5, 0.6) is 0 Å². The Morgan fingerprint density at radius 1 is 0.857 bits per heavy atom. The molecule has 0 radical (unpaired) electrons. The van der Waals surface area contributed by atoms with Gasteiger partial charge in [-0.1, -0.05) is 40.2 Å². The fraction of sp³-hybridized carbons (Fsp3) is 0.0909. The molecule has 3 N–H and O–H groups in total. The number of rotatable bonds is 6. The van der Waals surface area contributed by atoms with Crippen molar-refractivity contribution in [1.29, 1.82) is 0 Å². The summed E-state index contributed by atoms with van der Waals surface area (Å²) in [4.78, 5) is 24.6. The second-order valence-corrected chi connectivity index (χ2v) is 7.17. The summed E-state index contributed by atoms with van der Waals surface area (Å²) in [5, 5.41) is 8.79. The summed E-state index contributed by atoms with van der Waals surface area (Å²) in [6.07, 6.45) is 0. The standard InChI is InChI=1S/C22H20BrN3O2/c1-15-7-8-16(22(28)26-18-5-3-2-4-6-18)13-20(15)24-14-21(27)25-19-11-9-17(23)10-12-19/h2-13,24H,14H2,1H3,(H,25,27)(H,26,28). The van der Waals surface area contributed by atoms with Gasteiger partial charge in [0.25, 0.3) is 5.91 Å². The predicted octanol–water partition coefficient (Wildman–Crippen LogP) is 5.06. The van der Waals surface area contributed by atoms with Gasteiger partial charge in [-0.25, -0.2) is 0 Å². The SMILES string of the molecule is Cc1ccc(C(=O)Nc2ccccc2)cc1NCC(=O)Nc1ccc(Br)cc1. The maximum absolute atomic E-state index is 12.5. The van der Waals surface area contributed by atoms with Gasteiger partial charge in [0.15, 0.2) is 0 Å². The number of carbonyl (C=O) groups excluding carboxylic acids is 2. The van der Waals surface area contributed by atoms with E-state index in [1.54, 1.807) is 12.1 Å². The zero-order valence-electron chi connectivity index (χ0n) is 15.3. The maximum Gasteiger partial charge on any atom is 0.255 e. The van der Waals surface area contributed by atoms with E-state index in [1.807, 2.05) is 67.6 Å². The molecule has 3 rings (SSSR count). The first-order chi connectivity index (χ1) is 13.5. The number of para-hydroxylation sites is 1. The minimum atomic E-state index is -0.200. The van der Waals surface area contributed by atoms with Gasteiger partial charge < -0.3 is 16.0 Å². The highest BCUT2D eigenvalue weighted by Crippen LogP contribution is 2.18. The van der Waals surface area contributed by atoms with Gasteiger partial charge in [0.05, 0.1) is 6.54 Å². The molecular formula is C22H20BrN3O2. The molecule has 142 valence electrons. The molecule has 0 aliphatic carbocycles. The molecule has 2 amide bonds. The maximum atomic E-state index is 12.5.